The number of allylic oxidation sites excluding steroid dienone is 2. The molecule has 1 saturated heterocycles. The summed E-state index contributed by atoms with van der Waals surface area (Å²) in [5.41, 5.74) is -0.172. The molecule has 2 unspecified atom stereocenters. The summed E-state index contributed by atoms with van der Waals surface area (Å²) in [5, 5.41) is 10.3. The first kappa shape index (κ1) is 18.1. The topological polar surface area (TPSA) is 77.9 Å². The third kappa shape index (κ3) is 2.80. The predicted molar refractivity (Wildman–Crippen MR) is 91.4 cm³/mol. The number of Topliss-reactive ketones (excluding diaryl/α,β-unsaturated/α-hetero) is 1. The summed E-state index contributed by atoms with van der Waals surface area (Å²) in [6, 6.07) is 0. The average molecular weight is 348 g/mol. The van der Waals surface area contributed by atoms with Gasteiger partial charge >= 0.3 is 0 Å². The smallest absolute Gasteiger partial charge is 0.250 e. The van der Waals surface area contributed by atoms with Crippen LogP contribution in [-0.4, -0.2) is 52.9 Å². The number of likely N-dealkylation sites (tertiary alicyclic amines) is 1. The van der Waals surface area contributed by atoms with E-state index in [1.54, 1.807) is 6.92 Å². The first-order valence-corrected chi connectivity index (χ1v) is 9.10. The van der Waals surface area contributed by atoms with Crippen LogP contribution in [0.3, 0.4) is 0 Å². The molecule has 0 aromatic carbocycles. The third-order valence-corrected chi connectivity index (χ3v) is 6.68. The van der Waals surface area contributed by atoms with Gasteiger partial charge in [-0.1, -0.05) is 26.0 Å². The fraction of sp³-hybridized carbons (Fsp3) is 0.737. The minimum absolute atomic E-state index is 0.00410. The van der Waals surface area contributed by atoms with Gasteiger partial charge in [0, 0.05) is 26.1 Å². The lowest BCUT2D eigenvalue weighted by Crippen LogP contribution is -2.48. The molecule has 1 N–H and O–H groups in total. The van der Waals surface area contributed by atoms with Crippen LogP contribution in [0.5, 0.6) is 0 Å². The molecule has 4 atom stereocenters. The first-order valence-electron chi connectivity index (χ1n) is 9.10. The van der Waals surface area contributed by atoms with Crippen molar-refractivity contribution in [3.05, 3.63) is 12.2 Å². The zero-order valence-electron chi connectivity index (χ0n) is 15.4. The standard InChI is InChI=1S/C19H28N2O4/c1-11(22)12-7-9-21(10-8-12)18(24)16-14-6-5-13(19(14,2)3)15(16)17(23)20(4)25/h5-6,12-16,25H,7-10H2,1-4H3/t13?,14?,15-,16+/m0/s1. The highest BCUT2D eigenvalue weighted by Gasteiger charge is 2.62. The fourth-order valence-corrected chi connectivity index (χ4v) is 5.12. The second kappa shape index (κ2) is 6.24. The number of amides is 2. The Kier molecular flexibility index (Phi) is 4.52. The Balaban J connectivity index is 1.82. The van der Waals surface area contributed by atoms with Crippen molar-refractivity contribution in [2.45, 2.75) is 33.6 Å². The maximum absolute atomic E-state index is 13.2. The monoisotopic (exact) mass is 348 g/mol. The van der Waals surface area contributed by atoms with Crippen molar-refractivity contribution in [2.24, 2.45) is 35.0 Å². The van der Waals surface area contributed by atoms with Crippen LogP contribution < -0.4 is 0 Å². The van der Waals surface area contributed by atoms with E-state index in [1.165, 1.54) is 7.05 Å². The molecule has 138 valence electrons. The molecule has 2 bridgehead atoms. The molecule has 1 saturated carbocycles. The second-order valence-electron chi connectivity index (χ2n) is 8.38. The van der Waals surface area contributed by atoms with Crippen LogP contribution in [-0.2, 0) is 14.4 Å². The van der Waals surface area contributed by atoms with Gasteiger partial charge in [0.25, 0.3) is 0 Å². The number of fused-ring (bicyclic) bond motifs is 2. The van der Waals surface area contributed by atoms with E-state index >= 15 is 0 Å². The molecule has 1 heterocycles. The Morgan fingerprint density at radius 3 is 2.08 bits per heavy atom. The van der Waals surface area contributed by atoms with Crippen molar-refractivity contribution >= 4 is 17.6 Å². The lowest BCUT2D eigenvalue weighted by molar-refractivity contribution is -0.169. The van der Waals surface area contributed by atoms with Crippen molar-refractivity contribution in [2.75, 3.05) is 20.1 Å². The molecule has 6 heteroatoms. The molecule has 1 aliphatic heterocycles. The molecule has 6 nitrogen and oxygen atoms in total. The number of carbonyl (C=O) groups is 3. The van der Waals surface area contributed by atoms with E-state index in [9.17, 15) is 19.6 Å². The van der Waals surface area contributed by atoms with Crippen LogP contribution in [0.15, 0.2) is 12.2 Å². The predicted octanol–water partition coefficient (Wildman–Crippen LogP) is 1.74. The van der Waals surface area contributed by atoms with Gasteiger partial charge in [-0.3, -0.25) is 19.6 Å². The molecule has 2 amide bonds. The molecule has 0 radical (unpaired) electrons. The highest BCUT2D eigenvalue weighted by molar-refractivity contribution is 5.90. The summed E-state index contributed by atoms with van der Waals surface area (Å²) < 4.78 is 0. The summed E-state index contributed by atoms with van der Waals surface area (Å²) in [7, 11) is 1.32. The van der Waals surface area contributed by atoms with Crippen molar-refractivity contribution in [1.82, 2.24) is 9.96 Å². The highest BCUT2D eigenvalue weighted by atomic mass is 16.5. The second-order valence-corrected chi connectivity index (χ2v) is 8.38. The molecule has 0 spiro atoms. The summed E-state index contributed by atoms with van der Waals surface area (Å²) in [6.07, 6.45) is 5.48. The van der Waals surface area contributed by atoms with Crippen LogP contribution in [0, 0.1) is 35.0 Å². The van der Waals surface area contributed by atoms with E-state index < -0.39 is 11.8 Å². The van der Waals surface area contributed by atoms with Gasteiger partial charge in [-0.25, -0.2) is 5.06 Å². The molecule has 3 rings (SSSR count). The van der Waals surface area contributed by atoms with E-state index in [1.807, 2.05) is 11.0 Å². The number of ketones is 1. The average Bonchev–Trinajstić information content (AvgIpc) is 2.98. The summed E-state index contributed by atoms with van der Waals surface area (Å²) in [6.45, 7) is 6.93. The SMILES string of the molecule is CC(=O)C1CCN(C(=O)[C@@H]2C3C=CC([C@@H]2C(=O)N(C)O)C3(C)C)CC1. The highest BCUT2D eigenvalue weighted by Crippen LogP contribution is 2.60. The van der Waals surface area contributed by atoms with Crippen molar-refractivity contribution in [3.63, 3.8) is 0 Å². The summed E-state index contributed by atoms with van der Waals surface area (Å²) in [5.74, 6) is -1.15. The number of hydrogen-bond acceptors (Lipinski definition) is 4. The van der Waals surface area contributed by atoms with Crippen LogP contribution in [0.2, 0.25) is 0 Å². The number of rotatable bonds is 3. The Morgan fingerprint density at radius 2 is 1.60 bits per heavy atom. The van der Waals surface area contributed by atoms with Gasteiger partial charge in [-0.15, -0.1) is 0 Å². The molecule has 3 aliphatic rings. The zero-order valence-corrected chi connectivity index (χ0v) is 15.4. The van der Waals surface area contributed by atoms with E-state index in [0.717, 1.165) is 0 Å². The van der Waals surface area contributed by atoms with E-state index in [2.05, 4.69) is 19.9 Å². The van der Waals surface area contributed by atoms with Gasteiger partial charge in [-0.05, 0) is 37.0 Å². The minimum Gasteiger partial charge on any atom is -0.342 e. The largest absolute Gasteiger partial charge is 0.342 e. The van der Waals surface area contributed by atoms with Crippen molar-refractivity contribution < 1.29 is 19.6 Å². The van der Waals surface area contributed by atoms with Crippen LogP contribution in [0.25, 0.3) is 0 Å². The van der Waals surface area contributed by atoms with Gasteiger partial charge in [0.1, 0.15) is 5.78 Å². The summed E-state index contributed by atoms with van der Waals surface area (Å²) in [4.78, 5) is 39.2. The summed E-state index contributed by atoms with van der Waals surface area (Å²) >= 11 is 0. The van der Waals surface area contributed by atoms with Gasteiger partial charge < -0.3 is 4.90 Å². The van der Waals surface area contributed by atoms with Crippen LogP contribution in [0.1, 0.15) is 33.6 Å². The lowest BCUT2D eigenvalue weighted by Gasteiger charge is -2.36. The number of piperidine rings is 1. The molecule has 2 aliphatic carbocycles. The Hall–Kier alpha value is -1.69. The van der Waals surface area contributed by atoms with E-state index in [-0.39, 0.29) is 40.8 Å². The molecular formula is C19H28N2O4. The third-order valence-electron chi connectivity index (χ3n) is 6.68. The number of hydroxylamine groups is 2. The normalized spacial score (nSPS) is 33.6. The maximum Gasteiger partial charge on any atom is 0.250 e. The van der Waals surface area contributed by atoms with Gasteiger partial charge in [0.2, 0.25) is 11.8 Å². The van der Waals surface area contributed by atoms with Gasteiger partial charge in [-0.2, -0.15) is 0 Å². The Bertz CT molecular complexity index is 617. The quantitative estimate of drug-likeness (QED) is 0.479. The molecule has 2 fully saturated rings. The number of carbonyl (C=O) groups excluding carboxylic acids is 3. The number of hydrogen-bond donors (Lipinski definition) is 1. The molecule has 25 heavy (non-hydrogen) atoms. The van der Waals surface area contributed by atoms with Crippen molar-refractivity contribution in [3.8, 4) is 0 Å². The van der Waals surface area contributed by atoms with Gasteiger partial charge in [0.15, 0.2) is 0 Å². The lowest BCUT2D eigenvalue weighted by atomic mass is 9.79. The zero-order chi connectivity index (χ0) is 18.5. The Labute approximate surface area is 148 Å². The fourth-order valence-electron chi connectivity index (χ4n) is 5.12. The first-order chi connectivity index (χ1) is 11.7. The van der Waals surface area contributed by atoms with E-state index in [4.69, 9.17) is 0 Å². The van der Waals surface area contributed by atoms with E-state index in [0.29, 0.717) is 31.0 Å². The molecule has 0 aromatic rings. The Morgan fingerprint density at radius 1 is 1.08 bits per heavy atom. The van der Waals surface area contributed by atoms with Gasteiger partial charge in [0.05, 0.1) is 11.8 Å². The van der Waals surface area contributed by atoms with Crippen LogP contribution >= 0.6 is 0 Å². The molecule has 0 aromatic heterocycles. The van der Waals surface area contributed by atoms with Crippen LogP contribution in [0.4, 0.5) is 0 Å². The minimum atomic E-state index is -0.516. The van der Waals surface area contributed by atoms with Crippen molar-refractivity contribution in [1.29, 1.82) is 0 Å². The maximum atomic E-state index is 13.2. The molecular weight excluding hydrogens is 320 g/mol. The number of nitrogens with zero attached hydrogens (tertiary/aromatic N) is 2.